The summed E-state index contributed by atoms with van der Waals surface area (Å²) in [5.41, 5.74) is 9.99. The zero-order valence-corrected chi connectivity index (χ0v) is 19.0. The summed E-state index contributed by atoms with van der Waals surface area (Å²) in [7, 11) is 0. The van der Waals surface area contributed by atoms with Crippen LogP contribution >= 0.6 is 0 Å². The summed E-state index contributed by atoms with van der Waals surface area (Å²) in [5.74, 6) is -0.290. The van der Waals surface area contributed by atoms with E-state index >= 15 is 4.39 Å². The van der Waals surface area contributed by atoms with Gasteiger partial charge in [0.05, 0.1) is 24.2 Å². The summed E-state index contributed by atoms with van der Waals surface area (Å²) in [4.78, 5) is 9.01. The van der Waals surface area contributed by atoms with Crippen molar-refractivity contribution in [2.75, 3.05) is 26.2 Å². The van der Waals surface area contributed by atoms with Crippen LogP contribution in [0.1, 0.15) is 36.1 Å². The van der Waals surface area contributed by atoms with Gasteiger partial charge in [0.1, 0.15) is 5.82 Å². The van der Waals surface area contributed by atoms with Gasteiger partial charge >= 0.3 is 0 Å². The van der Waals surface area contributed by atoms with E-state index in [1.165, 1.54) is 12.1 Å². The second-order valence-electron chi connectivity index (χ2n) is 8.63. The van der Waals surface area contributed by atoms with E-state index in [9.17, 15) is 5.26 Å². The van der Waals surface area contributed by atoms with Gasteiger partial charge in [-0.3, -0.25) is 9.89 Å². The molecule has 33 heavy (non-hydrogen) atoms. The molecule has 5 nitrogen and oxygen atoms in total. The molecule has 0 amide bonds. The van der Waals surface area contributed by atoms with Crippen molar-refractivity contribution < 1.29 is 4.39 Å². The average molecular weight is 444 g/mol. The molecule has 2 aliphatic rings. The Morgan fingerprint density at radius 1 is 1.27 bits per heavy atom. The molecule has 0 aromatic heterocycles. The largest absolute Gasteiger partial charge is 0.369 e. The Hall–Kier alpha value is -3.27. The van der Waals surface area contributed by atoms with Gasteiger partial charge in [0.2, 0.25) is 0 Å². The van der Waals surface area contributed by atoms with Gasteiger partial charge in [0.25, 0.3) is 0 Å². The Morgan fingerprint density at radius 3 is 2.76 bits per heavy atom. The highest BCUT2D eigenvalue weighted by atomic mass is 19.1. The van der Waals surface area contributed by atoms with Gasteiger partial charge in [0.15, 0.2) is 0 Å². The Bertz CT molecular complexity index is 1100. The molecular weight excluding hydrogens is 413 g/mol. The first-order chi connectivity index (χ1) is 16.0. The van der Waals surface area contributed by atoms with Gasteiger partial charge in [-0.1, -0.05) is 49.9 Å². The van der Waals surface area contributed by atoms with Crippen molar-refractivity contribution >= 4 is 6.21 Å². The second kappa shape index (κ2) is 10.1. The van der Waals surface area contributed by atoms with Crippen LogP contribution in [-0.4, -0.2) is 54.3 Å². The molecular formula is C27H30FN5. The normalized spacial score (nSPS) is 21.9. The number of halogens is 1. The van der Waals surface area contributed by atoms with Crippen molar-refractivity contribution in [1.82, 2.24) is 9.80 Å². The molecule has 2 aromatic rings. The monoisotopic (exact) mass is 443 g/mol. The highest BCUT2D eigenvalue weighted by Crippen LogP contribution is 2.35. The first-order valence-corrected chi connectivity index (χ1v) is 11.4. The van der Waals surface area contributed by atoms with Crippen LogP contribution in [0.25, 0.3) is 0 Å². The highest BCUT2D eigenvalue weighted by molar-refractivity contribution is 5.85. The lowest BCUT2D eigenvalue weighted by Gasteiger charge is -2.47. The van der Waals surface area contributed by atoms with Crippen molar-refractivity contribution in [3.05, 3.63) is 95.0 Å². The molecule has 6 heteroatoms. The van der Waals surface area contributed by atoms with Gasteiger partial charge in [-0.05, 0) is 30.2 Å². The van der Waals surface area contributed by atoms with E-state index in [-0.39, 0.29) is 23.9 Å². The fourth-order valence-corrected chi connectivity index (χ4v) is 4.78. The van der Waals surface area contributed by atoms with Crippen LogP contribution in [0.2, 0.25) is 0 Å². The van der Waals surface area contributed by atoms with Crippen LogP contribution in [-0.2, 0) is 0 Å². The molecule has 2 heterocycles. The number of piperazine rings is 1. The molecule has 0 spiro atoms. The molecule has 2 aliphatic heterocycles. The Labute approximate surface area is 195 Å². The first kappa shape index (κ1) is 22.9. The number of aliphatic imine (C=N–C) groups is 1. The Balaban J connectivity index is 1.66. The van der Waals surface area contributed by atoms with Gasteiger partial charge in [-0.15, -0.1) is 0 Å². The van der Waals surface area contributed by atoms with Crippen molar-refractivity contribution in [2.24, 2.45) is 10.7 Å². The number of allylic oxidation sites excluding steroid dienone is 1. The lowest BCUT2D eigenvalue weighted by atomic mass is 9.92. The minimum Gasteiger partial charge on any atom is -0.369 e. The van der Waals surface area contributed by atoms with E-state index < -0.39 is 0 Å². The first-order valence-electron chi connectivity index (χ1n) is 11.4. The number of hydrogen-bond acceptors (Lipinski definition) is 5. The maximum atomic E-state index is 15.1. The third kappa shape index (κ3) is 4.90. The predicted molar refractivity (Wildman–Crippen MR) is 130 cm³/mol. The lowest BCUT2D eigenvalue weighted by molar-refractivity contribution is 0.0666. The summed E-state index contributed by atoms with van der Waals surface area (Å²) in [5, 5.41) is 9.42. The molecule has 1 unspecified atom stereocenters. The number of benzene rings is 2. The SMILES string of the molecule is C=C(C1=CC(N)CN=C1)N1CCN([C@@H](c2ccccc2)c2cc(C#N)ccc2F)[C@@H](CC)C1. The number of dihydropyridines is 1. The summed E-state index contributed by atoms with van der Waals surface area (Å²) >= 11 is 0. The van der Waals surface area contributed by atoms with Crippen molar-refractivity contribution in [2.45, 2.75) is 31.5 Å². The van der Waals surface area contributed by atoms with Crippen LogP contribution in [0.5, 0.6) is 0 Å². The Morgan fingerprint density at radius 2 is 2.06 bits per heavy atom. The van der Waals surface area contributed by atoms with Crippen LogP contribution in [0.4, 0.5) is 4.39 Å². The average Bonchev–Trinajstić information content (AvgIpc) is 2.85. The second-order valence-corrected chi connectivity index (χ2v) is 8.63. The molecule has 0 bridgehead atoms. The van der Waals surface area contributed by atoms with Crippen LogP contribution in [0.3, 0.4) is 0 Å². The third-order valence-corrected chi connectivity index (χ3v) is 6.52. The standard InChI is InChI=1S/C27H30FN5/c1-3-24-18-32(19(2)22-14-23(30)17-31-16-22)11-12-33(24)27(21-7-5-4-6-8-21)25-13-20(15-29)9-10-26(25)28/h4-10,13-14,16,23-24,27H,2-3,11-12,17-18,30H2,1H3/t23?,24-,27-/m0/s1. The number of nitrogens with zero attached hydrogens (tertiary/aromatic N) is 4. The van der Waals surface area contributed by atoms with E-state index in [0.29, 0.717) is 17.7 Å². The molecule has 3 atom stereocenters. The van der Waals surface area contributed by atoms with E-state index in [1.807, 2.05) is 42.6 Å². The van der Waals surface area contributed by atoms with Crippen molar-refractivity contribution in [3.63, 3.8) is 0 Å². The molecule has 1 saturated heterocycles. The summed E-state index contributed by atoms with van der Waals surface area (Å²) in [6.07, 6.45) is 4.78. The smallest absolute Gasteiger partial charge is 0.128 e. The summed E-state index contributed by atoms with van der Waals surface area (Å²) in [6, 6.07) is 16.6. The summed E-state index contributed by atoms with van der Waals surface area (Å²) in [6.45, 7) is 9.37. The minimum atomic E-state index is -0.290. The molecule has 2 aromatic carbocycles. The zero-order chi connectivity index (χ0) is 23.4. The number of nitrogens with two attached hydrogens (primary N) is 1. The molecule has 170 valence electrons. The minimum absolute atomic E-state index is 0.0807. The van der Waals surface area contributed by atoms with Gasteiger partial charge < -0.3 is 10.6 Å². The number of nitriles is 1. The maximum absolute atomic E-state index is 15.1. The molecule has 1 fully saturated rings. The van der Waals surface area contributed by atoms with Crippen molar-refractivity contribution in [1.29, 1.82) is 5.26 Å². The summed E-state index contributed by atoms with van der Waals surface area (Å²) < 4.78 is 15.1. The maximum Gasteiger partial charge on any atom is 0.128 e. The molecule has 2 N–H and O–H groups in total. The van der Waals surface area contributed by atoms with Crippen LogP contribution in [0.15, 0.2) is 77.4 Å². The highest BCUT2D eigenvalue weighted by Gasteiger charge is 2.35. The number of rotatable bonds is 6. The van der Waals surface area contributed by atoms with E-state index in [2.05, 4.69) is 34.4 Å². The molecule has 0 radical (unpaired) electrons. The molecule has 4 rings (SSSR count). The van der Waals surface area contributed by atoms with Crippen LogP contribution in [0, 0.1) is 17.1 Å². The fourth-order valence-electron chi connectivity index (χ4n) is 4.78. The van der Waals surface area contributed by atoms with Crippen LogP contribution < -0.4 is 5.73 Å². The van der Waals surface area contributed by atoms with E-state index in [0.717, 1.165) is 42.9 Å². The van der Waals surface area contributed by atoms with Gasteiger partial charge in [-0.25, -0.2) is 4.39 Å². The third-order valence-electron chi connectivity index (χ3n) is 6.52. The fraction of sp³-hybridized carbons (Fsp3) is 0.333. The quantitative estimate of drug-likeness (QED) is 0.732. The van der Waals surface area contributed by atoms with E-state index in [1.54, 1.807) is 6.07 Å². The molecule has 0 saturated carbocycles. The zero-order valence-electron chi connectivity index (χ0n) is 19.0. The molecule has 0 aliphatic carbocycles. The van der Waals surface area contributed by atoms with Gasteiger partial charge in [-0.2, -0.15) is 5.26 Å². The van der Waals surface area contributed by atoms with E-state index in [4.69, 9.17) is 5.73 Å². The number of hydrogen-bond donors (Lipinski definition) is 1. The lowest BCUT2D eigenvalue weighted by Crippen LogP contribution is -2.54. The van der Waals surface area contributed by atoms with Crippen molar-refractivity contribution in [3.8, 4) is 6.07 Å². The predicted octanol–water partition coefficient (Wildman–Crippen LogP) is 4.03. The topological polar surface area (TPSA) is 68.7 Å². The van der Waals surface area contributed by atoms with Gasteiger partial charge in [0, 0.05) is 54.8 Å². The Kier molecular flexibility index (Phi) is 7.02.